The van der Waals surface area contributed by atoms with Crippen molar-refractivity contribution < 1.29 is 4.79 Å². The van der Waals surface area contributed by atoms with Gasteiger partial charge in [-0.1, -0.05) is 23.4 Å². The van der Waals surface area contributed by atoms with Gasteiger partial charge in [-0.2, -0.15) is 4.68 Å². The van der Waals surface area contributed by atoms with Gasteiger partial charge in [0.05, 0.1) is 11.7 Å². The standard InChI is InChI=1S/C28H27N7O/c1-18-6-3-7-20-12-15-31-27(25(18)20)34(22-8-4-13-29-17-22)28(36)23-11-10-21(16-19(23)2)35-26-24(32-33-35)9-5-14-30-26/h3,5-7,9-12,14-16,22,29H,4,8,13,17H2,1-2H3/t22-/m1/s1. The second-order valence-electron chi connectivity index (χ2n) is 9.33. The van der Waals surface area contributed by atoms with Crippen molar-refractivity contribution in [3.63, 3.8) is 0 Å². The molecule has 1 amide bonds. The van der Waals surface area contributed by atoms with Crippen LogP contribution in [0, 0.1) is 13.8 Å². The first kappa shape index (κ1) is 22.3. The molecule has 3 aromatic heterocycles. The predicted molar refractivity (Wildman–Crippen MR) is 141 cm³/mol. The first-order chi connectivity index (χ1) is 17.6. The minimum atomic E-state index is -0.0439. The third kappa shape index (κ3) is 3.79. The SMILES string of the molecule is Cc1cc(-n2nnc3cccnc32)ccc1C(=O)N(c1nccc2cccc(C)c12)[C@@H]1CCCNC1. The second kappa shape index (κ2) is 9.13. The number of rotatable bonds is 4. The van der Waals surface area contributed by atoms with Gasteiger partial charge in [0.25, 0.3) is 5.91 Å². The Balaban J connectivity index is 1.45. The fourth-order valence-corrected chi connectivity index (χ4v) is 5.15. The van der Waals surface area contributed by atoms with Crippen LogP contribution in [0.2, 0.25) is 0 Å². The van der Waals surface area contributed by atoms with Gasteiger partial charge in [-0.25, -0.2) is 9.97 Å². The molecule has 1 aliphatic heterocycles. The van der Waals surface area contributed by atoms with Crippen LogP contribution < -0.4 is 10.2 Å². The number of carbonyl (C=O) groups is 1. The summed E-state index contributed by atoms with van der Waals surface area (Å²) in [6.45, 7) is 5.74. The lowest BCUT2D eigenvalue weighted by atomic mass is 10.00. The Kier molecular flexibility index (Phi) is 5.65. The van der Waals surface area contributed by atoms with Gasteiger partial charge in [-0.05, 0) is 86.1 Å². The number of amides is 1. The van der Waals surface area contributed by atoms with Crippen LogP contribution in [0.1, 0.15) is 34.3 Å². The Bertz CT molecular complexity index is 1580. The Hall–Kier alpha value is -4.17. The number of carbonyl (C=O) groups excluding carboxylic acids is 1. The zero-order valence-electron chi connectivity index (χ0n) is 20.3. The van der Waals surface area contributed by atoms with Crippen LogP contribution in [0.5, 0.6) is 0 Å². The first-order valence-corrected chi connectivity index (χ1v) is 12.3. The number of aryl methyl sites for hydroxylation is 2. The summed E-state index contributed by atoms with van der Waals surface area (Å²) in [5.74, 6) is 0.678. The van der Waals surface area contributed by atoms with Gasteiger partial charge in [0.2, 0.25) is 0 Å². The van der Waals surface area contributed by atoms with Crippen LogP contribution in [0.4, 0.5) is 5.82 Å². The molecule has 1 atom stereocenters. The fourth-order valence-electron chi connectivity index (χ4n) is 5.15. The molecular formula is C28H27N7O. The molecule has 0 saturated carbocycles. The summed E-state index contributed by atoms with van der Waals surface area (Å²) in [7, 11) is 0. The third-order valence-electron chi connectivity index (χ3n) is 6.96. The third-order valence-corrected chi connectivity index (χ3v) is 6.96. The summed E-state index contributed by atoms with van der Waals surface area (Å²) in [6.07, 6.45) is 5.47. The van der Waals surface area contributed by atoms with Gasteiger partial charge < -0.3 is 5.32 Å². The molecule has 4 heterocycles. The van der Waals surface area contributed by atoms with Crippen LogP contribution in [0.25, 0.3) is 27.6 Å². The zero-order chi connectivity index (χ0) is 24.6. The molecule has 1 N–H and O–H groups in total. The van der Waals surface area contributed by atoms with Crippen LogP contribution in [0.15, 0.2) is 67.0 Å². The average molecular weight is 478 g/mol. The van der Waals surface area contributed by atoms with E-state index in [-0.39, 0.29) is 11.9 Å². The van der Waals surface area contributed by atoms with Crippen LogP contribution in [-0.2, 0) is 0 Å². The molecular weight excluding hydrogens is 450 g/mol. The van der Waals surface area contributed by atoms with E-state index >= 15 is 0 Å². The monoisotopic (exact) mass is 477 g/mol. The highest BCUT2D eigenvalue weighted by atomic mass is 16.2. The van der Waals surface area contributed by atoms with Crippen LogP contribution in [0.3, 0.4) is 0 Å². The van der Waals surface area contributed by atoms with Gasteiger partial charge in [0.15, 0.2) is 5.65 Å². The summed E-state index contributed by atoms with van der Waals surface area (Å²) in [5.41, 5.74) is 4.84. The molecule has 0 radical (unpaired) electrons. The van der Waals surface area contributed by atoms with E-state index < -0.39 is 0 Å². The molecule has 8 nitrogen and oxygen atoms in total. The number of pyridine rings is 2. The predicted octanol–water partition coefficient (Wildman–Crippen LogP) is 4.38. The van der Waals surface area contributed by atoms with Crippen molar-refractivity contribution in [3.05, 3.63) is 83.7 Å². The van der Waals surface area contributed by atoms with Gasteiger partial charge >= 0.3 is 0 Å². The summed E-state index contributed by atoms with van der Waals surface area (Å²) >= 11 is 0. The normalized spacial score (nSPS) is 15.9. The van der Waals surface area contributed by atoms with E-state index in [0.717, 1.165) is 64.9 Å². The summed E-state index contributed by atoms with van der Waals surface area (Å²) in [6, 6.07) is 17.7. The van der Waals surface area contributed by atoms with Crippen molar-refractivity contribution in [1.29, 1.82) is 0 Å². The number of anilines is 1. The number of nitrogens with zero attached hydrogens (tertiary/aromatic N) is 6. The molecule has 0 spiro atoms. The number of fused-ring (bicyclic) bond motifs is 2. The molecule has 0 bridgehead atoms. The van der Waals surface area contributed by atoms with Crippen molar-refractivity contribution in [2.45, 2.75) is 32.7 Å². The summed E-state index contributed by atoms with van der Waals surface area (Å²) in [5, 5.41) is 14.1. The quantitative estimate of drug-likeness (QED) is 0.413. The highest BCUT2D eigenvalue weighted by Crippen LogP contribution is 2.32. The lowest BCUT2D eigenvalue weighted by Crippen LogP contribution is -2.49. The van der Waals surface area contributed by atoms with E-state index in [1.807, 2.05) is 54.3 Å². The molecule has 0 aliphatic carbocycles. The van der Waals surface area contributed by atoms with Crippen molar-refractivity contribution in [2.24, 2.45) is 0 Å². The highest BCUT2D eigenvalue weighted by molar-refractivity contribution is 6.11. The maximum absolute atomic E-state index is 14.2. The maximum atomic E-state index is 14.2. The van der Waals surface area contributed by atoms with E-state index in [0.29, 0.717) is 11.2 Å². The zero-order valence-corrected chi connectivity index (χ0v) is 20.3. The first-order valence-electron chi connectivity index (χ1n) is 12.3. The van der Waals surface area contributed by atoms with Crippen molar-refractivity contribution >= 4 is 33.7 Å². The van der Waals surface area contributed by atoms with E-state index in [1.165, 1.54) is 0 Å². The van der Waals surface area contributed by atoms with Crippen LogP contribution >= 0.6 is 0 Å². The van der Waals surface area contributed by atoms with Crippen LogP contribution in [-0.4, -0.2) is 50.0 Å². The molecule has 1 saturated heterocycles. The Morgan fingerprint density at radius 1 is 1.03 bits per heavy atom. The minimum absolute atomic E-state index is 0.0199. The van der Waals surface area contributed by atoms with E-state index in [1.54, 1.807) is 17.1 Å². The van der Waals surface area contributed by atoms with E-state index in [9.17, 15) is 4.79 Å². The molecule has 6 rings (SSSR count). The minimum Gasteiger partial charge on any atom is -0.315 e. The molecule has 0 unspecified atom stereocenters. The van der Waals surface area contributed by atoms with Crippen molar-refractivity contribution in [3.8, 4) is 5.69 Å². The van der Waals surface area contributed by atoms with Gasteiger partial charge in [-0.15, -0.1) is 5.10 Å². The second-order valence-corrected chi connectivity index (χ2v) is 9.33. The van der Waals surface area contributed by atoms with Gasteiger partial charge in [0.1, 0.15) is 11.3 Å². The number of hydrogen-bond acceptors (Lipinski definition) is 6. The lowest BCUT2D eigenvalue weighted by molar-refractivity contribution is 0.0971. The number of hydrogen-bond donors (Lipinski definition) is 1. The number of benzene rings is 2. The Morgan fingerprint density at radius 3 is 2.78 bits per heavy atom. The molecule has 180 valence electrons. The van der Waals surface area contributed by atoms with Gasteiger partial charge in [-0.3, -0.25) is 9.69 Å². The van der Waals surface area contributed by atoms with Crippen molar-refractivity contribution in [2.75, 3.05) is 18.0 Å². The molecule has 1 fully saturated rings. The van der Waals surface area contributed by atoms with Gasteiger partial charge in [0, 0.05) is 29.9 Å². The summed E-state index contributed by atoms with van der Waals surface area (Å²) < 4.78 is 1.70. The number of piperidine rings is 1. The summed E-state index contributed by atoms with van der Waals surface area (Å²) in [4.78, 5) is 25.3. The Morgan fingerprint density at radius 2 is 1.94 bits per heavy atom. The molecule has 5 aromatic rings. The number of nitrogens with one attached hydrogen (secondary N) is 1. The topological polar surface area (TPSA) is 88.8 Å². The lowest BCUT2D eigenvalue weighted by Gasteiger charge is -2.35. The molecule has 1 aliphatic rings. The van der Waals surface area contributed by atoms with E-state index in [4.69, 9.17) is 4.98 Å². The largest absolute Gasteiger partial charge is 0.315 e. The highest BCUT2D eigenvalue weighted by Gasteiger charge is 2.31. The smallest absolute Gasteiger partial charge is 0.260 e. The van der Waals surface area contributed by atoms with Crippen molar-refractivity contribution in [1.82, 2.24) is 30.3 Å². The fraction of sp³-hybridized carbons (Fsp3) is 0.250. The van der Waals surface area contributed by atoms with E-state index in [2.05, 4.69) is 39.7 Å². The Labute approximate surface area is 209 Å². The average Bonchev–Trinajstić information content (AvgIpc) is 3.34. The molecule has 8 heteroatoms. The number of aromatic nitrogens is 5. The maximum Gasteiger partial charge on any atom is 0.260 e. The molecule has 36 heavy (non-hydrogen) atoms. The molecule has 2 aromatic carbocycles.